The third kappa shape index (κ3) is 4.61. The molecule has 116 valence electrons. The van der Waals surface area contributed by atoms with E-state index in [4.69, 9.17) is 15.1 Å². The number of carbonyl (C=O) groups is 1. The summed E-state index contributed by atoms with van der Waals surface area (Å²) in [4.78, 5) is 13.3. The molecule has 0 saturated carbocycles. The van der Waals surface area contributed by atoms with Crippen molar-refractivity contribution in [3.63, 3.8) is 0 Å². The van der Waals surface area contributed by atoms with Crippen LogP contribution < -0.4 is 4.74 Å². The van der Waals surface area contributed by atoms with Crippen LogP contribution in [0.15, 0.2) is 29.8 Å². The van der Waals surface area contributed by atoms with E-state index in [0.29, 0.717) is 17.9 Å². The summed E-state index contributed by atoms with van der Waals surface area (Å²) < 4.78 is 5.78. The van der Waals surface area contributed by atoms with Gasteiger partial charge >= 0.3 is 5.97 Å². The molecule has 0 bridgehead atoms. The summed E-state index contributed by atoms with van der Waals surface area (Å²) in [5, 5.41) is 17.8. The van der Waals surface area contributed by atoms with Crippen molar-refractivity contribution in [3.05, 3.63) is 35.4 Å². The topological polar surface area (TPSA) is 73.6 Å². The Kier molecular flexibility index (Phi) is 5.99. The highest BCUT2D eigenvalue weighted by atomic mass is 16.5. The zero-order chi connectivity index (χ0) is 15.8. The summed E-state index contributed by atoms with van der Waals surface area (Å²) in [5.41, 5.74) is 0.312. The second kappa shape index (κ2) is 8.20. The van der Waals surface area contributed by atoms with Crippen LogP contribution in [0.25, 0.3) is 6.08 Å². The second-order valence-corrected chi connectivity index (χ2v) is 5.26. The molecule has 1 aliphatic rings. The van der Waals surface area contributed by atoms with E-state index in [0.717, 1.165) is 19.6 Å². The number of benzene rings is 1. The van der Waals surface area contributed by atoms with Crippen LogP contribution in [0.2, 0.25) is 0 Å². The molecule has 1 aliphatic heterocycles. The Morgan fingerprint density at radius 3 is 2.73 bits per heavy atom. The van der Waals surface area contributed by atoms with Gasteiger partial charge in [0.25, 0.3) is 0 Å². The molecular formula is C17H20N2O3. The summed E-state index contributed by atoms with van der Waals surface area (Å²) in [6.45, 7) is 3.65. The number of piperidine rings is 1. The molecule has 5 heteroatoms. The fourth-order valence-corrected chi connectivity index (χ4v) is 2.50. The summed E-state index contributed by atoms with van der Waals surface area (Å²) in [5.74, 6) is -0.626. The van der Waals surface area contributed by atoms with Gasteiger partial charge < -0.3 is 9.84 Å². The first-order valence-electron chi connectivity index (χ1n) is 7.50. The number of hydrogen-bond acceptors (Lipinski definition) is 4. The fourth-order valence-electron chi connectivity index (χ4n) is 2.50. The van der Waals surface area contributed by atoms with Crippen LogP contribution >= 0.6 is 0 Å². The van der Waals surface area contributed by atoms with E-state index in [1.807, 2.05) is 6.07 Å². The van der Waals surface area contributed by atoms with Crippen molar-refractivity contribution in [3.8, 4) is 11.8 Å². The Labute approximate surface area is 130 Å². The maximum atomic E-state index is 10.9. The van der Waals surface area contributed by atoms with Crippen LogP contribution in [0.4, 0.5) is 0 Å². The third-order valence-electron chi connectivity index (χ3n) is 3.68. The lowest BCUT2D eigenvalue weighted by molar-refractivity contribution is -0.132. The number of rotatable bonds is 6. The number of hydrogen-bond donors (Lipinski definition) is 1. The normalized spacial score (nSPS) is 16.0. The molecule has 1 N–H and O–H groups in total. The smallest absolute Gasteiger partial charge is 0.346 e. The van der Waals surface area contributed by atoms with Gasteiger partial charge in [0, 0.05) is 12.1 Å². The van der Waals surface area contributed by atoms with E-state index in [1.54, 1.807) is 24.3 Å². The molecule has 1 heterocycles. The third-order valence-corrected chi connectivity index (χ3v) is 3.68. The Morgan fingerprint density at radius 2 is 2.05 bits per heavy atom. The molecule has 0 radical (unpaired) electrons. The number of carboxylic acid groups (broad SMARTS) is 1. The van der Waals surface area contributed by atoms with Crippen molar-refractivity contribution < 1.29 is 14.6 Å². The molecule has 1 fully saturated rings. The summed E-state index contributed by atoms with van der Waals surface area (Å²) in [6.07, 6.45) is 5.13. The van der Waals surface area contributed by atoms with E-state index in [1.165, 1.54) is 25.3 Å². The maximum absolute atomic E-state index is 10.9. The van der Waals surface area contributed by atoms with Gasteiger partial charge in [-0.25, -0.2) is 4.79 Å². The lowest BCUT2D eigenvalue weighted by Crippen LogP contribution is -2.33. The lowest BCUT2D eigenvalue weighted by Gasteiger charge is -2.26. The van der Waals surface area contributed by atoms with Crippen LogP contribution in [0.1, 0.15) is 24.8 Å². The minimum absolute atomic E-state index is 0.299. The number of para-hydroxylation sites is 1. The molecule has 5 nitrogen and oxygen atoms in total. The summed E-state index contributed by atoms with van der Waals surface area (Å²) >= 11 is 0. The molecule has 1 aromatic carbocycles. The van der Waals surface area contributed by atoms with Gasteiger partial charge in [-0.05, 0) is 38.1 Å². The van der Waals surface area contributed by atoms with E-state index in [-0.39, 0.29) is 5.57 Å². The molecule has 22 heavy (non-hydrogen) atoms. The molecule has 0 unspecified atom stereocenters. The number of ether oxygens (including phenoxy) is 1. The molecule has 2 rings (SSSR count). The van der Waals surface area contributed by atoms with E-state index in [2.05, 4.69) is 4.90 Å². The predicted molar refractivity (Wildman–Crippen MR) is 83.5 cm³/mol. The molecule has 0 aromatic heterocycles. The molecule has 1 saturated heterocycles. The van der Waals surface area contributed by atoms with Crippen LogP contribution in [0.3, 0.4) is 0 Å². The molecule has 0 spiro atoms. The number of likely N-dealkylation sites (tertiary alicyclic amines) is 1. The number of nitriles is 1. The number of carboxylic acids is 1. The van der Waals surface area contributed by atoms with Crippen molar-refractivity contribution in [1.29, 1.82) is 5.26 Å². The highest BCUT2D eigenvalue weighted by molar-refractivity contribution is 5.96. The van der Waals surface area contributed by atoms with Gasteiger partial charge in [-0.3, -0.25) is 4.90 Å². The first kappa shape index (κ1) is 16.1. The Balaban J connectivity index is 1.99. The SMILES string of the molecule is N#CC(=Cc1ccccc1OCCN1CCCCC1)C(=O)O. The fraction of sp³-hybridized carbons (Fsp3) is 0.412. The van der Waals surface area contributed by atoms with Crippen molar-refractivity contribution in [1.82, 2.24) is 4.90 Å². The zero-order valence-electron chi connectivity index (χ0n) is 12.5. The Morgan fingerprint density at radius 1 is 1.32 bits per heavy atom. The standard InChI is InChI=1S/C17H20N2O3/c18-13-15(17(20)21)12-14-6-2-3-7-16(14)22-11-10-19-8-4-1-5-9-19/h2-3,6-7,12H,1,4-5,8-11H2,(H,20,21). The van der Waals surface area contributed by atoms with Crippen LogP contribution in [-0.2, 0) is 4.79 Å². The quantitative estimate of drug-likeness (QED) is 0.645. The minimum atomic E-state index is -1.23. The predicted octanol–water partition coefficient (Wildman–Crippen LogP) is 2.54. The summed E-state index contributed by atoms with van der Waals surface area (Å²) in [7, 11) is 0. The summed E-state index contributed by atoms with van der Waals surface area (Å²) in [6, 6.07) is 8.85. The average molecular weight is 300 g/mol. The van der Waals surface area contributed by atoms with Crippen molar-refractivity contribution in [2.75, 3.05) is 26.2 Å². The zero-order valence-corrected chi connectivity index (χ0v) is 12.5. The highest BCUT2D eigenvalue weighted by Gasteiger charge is 2.11. The van der Waals surface area contributed by atoms with Crippen molar-refractivity contribution in [2.45, 2.75) is 19.3 Å². The Bertz CT molecular complexity index is 584. The number of nitrogens with zero attached hydrogens (tertiary/aromatic N) is 2. The van der Waals surface area contributed by atoms with Gasteiger partial charge in [0.05, 0.1) is 0 Å². The first-order chi connectivity index (χ1) is 10.7. The monoisotopic (exact) mass is 300 g/mol. The van der Waals surface area contributed by atoms with Gasteiger partial charge in [-0.15, -0.1) is 0 Å². The van der Waals surface area contributed by atoms with Crippen molar-refractivity contribution >= 4 is 12.0 Å². The second-order valence-electron chi connectivity index (χ2n) is 5.26. The van der Waals surface area contributed by atoms with Gasteiger partial charge in [-0.1, -0.05) is 24.6 Å². The Hall–Kier alpha value is -2.32. The van der Waals surface area contributed by atoms with Gasteiger partial charge in [0.1, 0.15) is 24.0 Å². The van der Waals surface area contributed by atoms with Gasteiger partial charge in [0.2, 0.25) is 0 Å². The molecule has 1 aromatic rings. The average Bonchev–Trinajstić information content (AvgIpc) is 2.54. The van der Waals surface area contributed by atoms with Crippen LogP contribution in [0.5, 0.6) is 5.75 Å². The molecule has 0 amide bonds. The van der Waals surface area contributed by atoms with E-state index >= 15 is 0 Å². The van der Waals surface area contributed by atoms with Gasteiger partial charge in [-0.2, -0.15) is 5.26 Å². The molecule has 0 aliphatic carbocycles. The van der Waals surface area contributed by atoms with Crippen LogP contribution in [-0.4, -0.2) is 42.2 Å². The number of aliphatic carboxylic acids is 1. The van der Waals surface area contributed by atoms with Gasteiger partial charge in [0.15, 0.2) is 0 Å². The lowest BCUT2D eigenvalue weighted by atomic mass is 10.1. The van der Waals surface area contributed by atoms with E-state index < -0.39 is 5.97 Å². The first-order valence-corrected chi connectivity index (χ1v) is 7.50. The van der Waals surface area contributed by atoms with Crippen LogP contribution in [0, 0.1) is 11.3 Å². The highest BCUT2D eigenvalue weighted by Crippen LogP contribution is 2.21. The molecular weight excluding hydrogens is 280 g/mol. The van der Waals surface area contributed by atoms with Crippen molar-refractivity contribution in [2.24, 2.45) is 0 Å². The maximum Gasteiger partial charge on any atom is 0.346 e. The van der Waals surface area contributed by atoms with E-state index in [9.17, 15) is 4.79 Å². The largest absolute Gasteiger partial charge is 0.492 e. The molecule has 0 atom stereocenters. The minimum Gasteiger partial charge on any atom is -0.492 e.